The lowest BCUT2D eigenvalue weighted by Crippen LogP contribution is -2.16. The molecule has 1 nitrogen and oxygen atoms in total. The van der Waals surface area contributed by atoms with E-state index in [1.165, 1.54) is 16.0 Å². The average molecular weight is 363 g/mol. The molecule has 0 fully saturated rings. The van der Waals surface area contributed by atoms with Crippen LogP contribution in [0.15, 0.2) is 57.9 Å². The molecule has 2 aromatic carbocycles. The predicted molar refractivity (Wildman–Crippen MR) is 92.8 cm³/mol. The fraction of sp³-hybridized carbons (Fsp3) is 0.333. The minimum Gasteiger partial charge on any atom is -0.396 e. The van der Waals surface area contributed by atoms with E-state index in [1.807, 2.05) is 17.8 Å². The molecular formula is C18H19BrOS. The Bertz CT molecular complexity index is 589. The van der Waals surface area contributed by atoms with Crippen LogP contribution in [0.1, 0.15) is 17.5 Å². The molecule has 0 aliphatic carbocycles. The molecule has 0 bridgehead atoms. The Hall–Kier alpha value is -0.770. The first-order chi connectivity index (χ1) is 10.3. The van der Waals surface area contributed by atoms with Gasteiger partial charge in [-0.25, -0.2) is 0 Å². The zero-order chi connectivity index (χ0) is 14.7. The van der Waals surface area contributed by atoms with Crippen LogP contribution in [0.4, 0.5) is 0 Å². The molecule has 0 amide bonds. The Morgan fingerprint density at radius 1 is 1.14 bits per heavy atom. The highest BCUT2D eigenvalue weighted by Gasteiger charge is 2.25. The lowest BCUT2D eigenvalue weighted by Gasteiger charge is -2.18. The normalized spacial score (nSPS) is 18.5. The Kier molecular flexibility index (Phi) is 5.04. The van der Waals surface area contributed by atoms with Gasteiger partial charge in [-0.05, 0) is 48.4 Å². The van der Waals surface area contributed by atoms with Gasteiger partial charge in [0.2, 0.25) is 0 Å². The molecule has 3 heteroatoms. The number of halogens is 1. The van der Waals surface area contributed by atoms with Crippen molar-refractivity contribution in [1.82, 2.24) is 0 Å². The molecule has 0 saturated carbocycles. The molecule has 2 atom stereocenters. The lowest BCUT2D eigenvalue weighted by molar-refractivity contribution is 0.217. The van der Waals surface area contributed by atoms with Crippen LogP contribution in [0.2, 0.25) is 0 Å². The van der Waals surface area contributed by atoms with Crippen LogP contribution in [0.3, 0.4) is 0 Å². The van der Waals surface area contributed by atoms with Crippen molar-refractivity contribution in [2.75, 3.05) is 6.61 Å². The van der Waals surface area contributed by atoms with E-state index in [4.69, 9.17) is 0 Å². The monoisotopic (exact) mass is 362 g/mol. The van der Waals surface area contributed by atoms with Crippen molar-refractivity contribution in [3.05, 3.63) is 64.1 Å². The molecule has 3 rings (SSSR count). The van der Waals surface area contributed by atoms with Crippen LogP contribution in [0, 0.1) is 5.92 Å². The zero-order valence-electron chi connectivity index (χ0n) is 11.8. The number of thioether (sulfide) groups is 1. The second kappa shape index (κ2) is 6.99. The van der Waals surface area contributed by atoms with E-state index < -0.39 is 0 Å². The van der Waals surface area contributed by atoms with Crippen LogP contribution in [-0.2, 0) is 12.8 Å². The van der Waals surface area contributed by atoms with E-state index in [-0.39, 0.29) is 6.61 Å². The summed E-state index contributed by atoms with van der Waals surface area (Å²) in [5.74, 6) is 0.329. The quantitative estimate of drug-likeness (QED) is 0.831. The summed E-state index contributed by atoms with van der Waals surface area (Å²) in [5, 5.41) is 10.3. The van der Waals surface area contributed by atoms with E-state index in [0.29, 0.717) is 11.2 Å². The number of hydrogen-bond donors (Lipinski definition) is 1. The van der Waals surface area contributed by atoms with Gasteiger partial charge in [-0.2, -0.15) is 0 Å². The summed E-state index contributed by atoms with van der Waals surface area (Å²) in [6, 6.07) is 17.0. The largest absolute Gasteiger partial charge is 0.396 e. The standard InChI is InChI=1S/C18H19BrOS/c19-17-7-3-1-5-14(17)9-13(12-20)10-16-11-15-6-2-4-8-18(15)21-16/h1-8,13,16,20H,9-12H2. The van der Waals surface area contributed by atoms with E-state index in [2.05, 4.69) is 58.4 Å². The van der Waals surface area contributed by atoms with Crippen LogP contribution >= 0.6 is 27.7 Å². The third-order valence-electron chi connectivity index (χ3n) is 4.03. The molecule has 2 unspecified atom stereocenters. The van der Waals surface area contributed by atoms with Crippen molar-refractivity contribution in [2.45, 2.75) is 29.4 Å². The van der Waals surface area contributed by atoms with Crippen LogP contribution in [0.5, 0.6) is 0 Å². The van der Waals surface area contributed by atoms with Gasteiger partial charge >= 0.3 is 0 Å². The maximum atomic E-state index is 9.73. The minimum absolute atomic E-state index is 0.259. The molecule has 2 aromatic rings. The fourth-order valence-electron chi connectivity index (χ4n) is 2.95. The van der Waals surface area contributed by atoms with Gasteiger partial charge in [-0.15, -0.1) is 11.8 Å². The molecule has 0 spiro atoms. The minimum atomic E-state index is 0.259. The number of aliphatic hydroxyl groups excluding tert-OH is 1. The number of benzene rings is 2. The SMILES string of the molecule is OCC(Cc1ccccc1Br)CC1Cc2ccccc2S1. The summed E-state index contributed by atoms with van der Waals surface area (Å²) in [7, 11) is 0. The summed E-state index contributed by atoms with van der Waals surface area (Å²) in [4.78, 5) is 1.42. The maximum absolute atomic E-state index is 9.73. The highest BCUT2D eigenvalue weighted by Crippen LogP contribution is 2.40. The second-order valence-electron chi connectivity index (χ2n) is 5.63. The van der Waals surface area contributed by atoms with Crippen molar-refractivity contribution in [3.63, 3.8) is 0 Å². The number of aliphatic hydroxyl groups is 1. The molecule has 0 saturated heterocycles. The summed E-state index contributed by atoms with van der Waals surface area (Å²) < 4.78 is 1.14. The zero-order valence-corrected chi connectivity index (χ0v) is 14.2. The summed E-state index contributed by atoms with van der Waals surface area (Å²) in [6.45, 7) is 0.259. The van der Waals surface area contributed by atoms with E-state index in [9.17, 15) is 5.11 Å². The van der Waals surface area contributed by atoms with Crippen molar-refractivity contribution < 1.29 is 5.11 Å². The maximum Gasteiger partial charge on any atom is 0.0462 e. The molecule has 1 aliphatic rings. The van der Waals surface area contributed by atoms with Crippen molar-refractivity contribution in [1.29, 1.82) is 0 Å². The molecule has 0 radical (unpaired) electrons. The number of hydrogen-bond acceptors (Lipinski definition) is 2. The predicted octanol–water partition coefficient (Wildman–Crippen LogP) is 4.71. The van der Waals surface area contributed by atoms with Gasteiger partial charge in [-0.3, -0.25) is 0 Å². The van der Waals surface area contributed by atoms with Crippen molar-refractivity contribution >= 4 is 27.7 Å². The third-order valence-corrected chi connectivity index (χ3v) is 6.15. The topological polar surface area (TPSA) is 20.2 Å². The highest BCUT2D eigenvalue weighted by molar-refractivity contribution is 9.10. The van der Waals surface area contributed by atoms with Crippen LogP contribution < -0.4 is 0 Å². The molecular weight excluding hydrogens is 344 g/mol. The first-order valence-corrected chi connectivity index (χ1v) is 9.02. The van der Waals surface area contributed by atoms with Gasteiger partial charge in [0, 0.05) is 21.2 Å². The summed E-state index contributed by atoms with van der Waals surface area (Å²) >= 11 is 5.57. The van der Waals surface area contributed by atoms with Gasteiger partial charge in [0.15, 0.2) is 0 Å². The van der Waals surface area contributed by atoms with Gasteiger partial charge in [0.1, 0.15) is 0 Å². The third kappa shape index (κ3) is 3.71. The van der Waals surface area contributed by atoms with Crippen molar-refractivity contribution in [2.24, 2.45) is 5.92 Å². The first kappa shape index (κ1) is 15.1. The molecule has 110 valence electrons. The molecule has 1 aliphatic heterocycles. The smallest absolute Gasteiger partial charge is 0.0462 e. The van der Waals surface area contributed by atoms with E-state index >= 15 is 0 Å². The molecule has 1 heterocycles. The molecule has 21 heavy (non-hydrogen) atoms. The Balaban J connectivity index is 1.63. The highest BCUT2D eigenvalue weighted by atomic mass is 79.9. The summed E-state index contributed by atoms with van der Waals surface area (Å²) in [6.07, 6.45) is 3.13. The van der Waals surface area contributed by atoms with E-state index in [1.54, 1.807) is 0 Å². The Morgan fingerprint density at radius 2 is 1.90 bits per heavy atom. The van der Waals surface area contributed by atoms with Gasteiger partial charge in [0.05, 0.1) is 0 Å². The lowest BCUT2D eigenvalue weighted by atomic mass is 9.93. The second-order valence-corrected chi connectivity index (χ2v) is 7.83. The molecule has 1 N–H and O–H groups in total. The fourth-order valence-corrected chi connectivity index (χ4v) is 4.85. The Morgan fingerprint density at radius 3 is 2.67 bits per heavy atom. The van der Waals surface area contributed by atoms with E-state index in [0.717, 1.165) is 23.7 Å². The van der Waals surface area contributed by atoms with Gasteiger partial charge in [-0.1, -0.05) is 52.3 Å². The number of rotatable bonds is 5. The van der Waals surface area contributed by atoms with Crippen LogP contribution in [0.25, 0.3) is 0 Å². The molecule has 0 aromatic heterocycles. The average Bonchev–Trinajstić information content (AvgIpc) is 2.91. The number of fused-ring (bicyclic) bond motifs is 1. The summed E-state index contributed by atoms with van der Waals surface area (Å²) in [5.41, 5.74) is 2.75. The van der Waals surface area contributed by atoms with Crippen molar-refractivity contribution in [3.8, 4) is 0 Å². The van der Waals surface area contributed by atoms with Gasteiger partial charge in [0.25, 0.3) is 0 Å². The van der Waals surface area contributed by atoms with Crippen LogP contribution in [-0.4, -0.2) is 17.0 Å². The Labute approximate surface area is 138 Å². The van der Waals surface area contributed by atoms with Gasteiger partial charge < -0.3 is 5.11 Å². The first-order valence-electron chi connectivity index (χ1n) is 7.35.